The molecule has 1 rings (SSSR count). The van der Waals surface area contributed by atoms with Crippen molar-refractivity contribution in [1.82, 2.24) is 0 Å². The second-order valence-corrected chi connectivity index (χ2v) is 11.6. The Bertz CT molecular complexity index is 397. The molecule has 0 saturated carbocycles. The van der Waals surface area contributed by atoms with Gasteiger partial charge in [-0.2, -0.15) is 0 Å². The lowest BCUT2D eigenvalue weighted by molar-refractivity contribution is 0.472. The third-order valence-electron chi connectivity index (χ3n) is 3.76. The Morgan fingerprint density at radius 1 is 0.810 bits per heavy atom. The van der Waals surface area contributed by atoms with Gasteiger partial charge in [0.05, 0.1) is 0 Å². The molecule has 120 valence electrons. The van der Waals surface area contributed by atoms with E-state index >= 15 is 0 Å². The highest BCUT2D eigenvalue weighted by atomic mass is 28.4. The average molecular weight is 307 g/mol. The summed E-state index contributed by atoms with van der Waals surface area (Å²) in [4.78, 5) is 0. The summed E-state index contributed by atoms with van der Waals surface area (Å²) in [6.45, 7) is 16.2. The molecule has 0 aromatic heterocycles. The minimum atomic E-state index is -1.76. The Morgan fingerprint density at radius 2 is 1.24 bits per heavy atom. The molecule has 0 bridgehead atoms. The smallest absolute Gasteiger partial charge is 0.252 e. The lowest BCUT2D eigenvalue weighted by atomic mass is 10.2. The van der Waals surface area contributed by atoms with Gasteiger partial charge < -0.3 is 4.43 Å². The van der Waals surface area contributed by atoms with Gasteiger partial charge in [-0.25, -0.2) is 0 Å². The van der Waals surface area contributed by atoms with Crippen molar-refractivity contribution in [1.29, 1.82) is 0 Å². The van der Waals surface area contributed by atoms with Crippen molar-refractivity contribution in [3.8, 4) is 5.75 Å². The van der Waals surface area contributed by atoms with E-state index in [4.69, 9.17) is 4.43 Å². The van der Waals surface area contributed by atoms with Gasteiger partial charge in [-0.1, -0.05) is 59.7 Å². The van der Waals surface area contributed by atoms with Crippen molar-refractivity contribution in [3.63, 3.8) is 0 Å². The van der Waals surface area contributed by atoms with Crippen LogP contribution in [0.25, 0.3) is 0 Å². The molecule has 0 aliphatic carbocycles. The fourth-order valence-electron chi connectivity index (χ4n) is 3.51. The maximum absolute atomic E-state index is 6.80. The first-order chi connectivity index (χ1) is 9.74. The van der Waals surface area contributed by atoms with Crippen LogP contribution in [-0.2, 0) is 0 Å². The van der Waals surface area contributed by atoms with Gasteiger partial charge in [-0.05, 0) is 54.4 Å². The number of hydrogen-bond donors (Lipinski definition) is 0. The minimum Gasteiger partial charge on any atom is -0.543 e. The molecular weight excluding hydrogens is 272 g/mol. The summed E-state index contributed by atoms with van der Waals surface area (Å²) < 4.78 is 6.80. The van der Waals surface area contributed by atoms with E-state index in [9.17, 15) is 0 Å². The standard InChI is InChI=1S/C19H34OSi/c1-15(2)12-21(13-16(3)4,14-17(5)6)20-19-11-9-8-10-18(19)7/h8-11,15-17H,12-14H2,1-7H3. The third kappa shape index (κ3) is 6.25. The van der Waals surface area contributed by atoms with Gasteiger partial charge in [0.15, 0.2) is 0 Å². The van der Waals surface area contributed by atoms with Crippen molar-refractivity contribution >= 4 is 8.32 Å². The highest BCUT2D eigenvalue weighted by Gasteiger charge is 2.39. The summed E-state index contributed by atoms with van der Waals surface area (Å²) in [6, 6.07) is 12.3. The van der Waals surface area contributed by atoms with E-state index in [1.165, 1.54) is 23.7 Å². The van der Waals surface area contributed by atoms with Crippen LogP contribution in [0.4, 0.5) is 0 Å². The Kier molecular flexibility index (Phi) is 6.99. The molecule has 21 heavy (non-hydrogen) atoms. The highest BCUT2D eigenvalue weighted by molar-refractivity contribution is 6.74. The van der Waals surface area contributed by atoms with Crippen LogP contribution in [0.5, 0.6) is 5.75 Å². The summed E-state index contributed by atoms with van der Waals surface area (Å²) in [5.41, 5.74) is 1.27. The van der Waals surface area contributed by atoms with Crippen LogP contribution in [-0.4, -0.2) is 8.32 Å². The quantitative estimate of drug-likeness (QED) is 0.513. The minimum absolute atomic E-state index is 0.707. The molecule has 0 amide bonds. The Morgan fingerprint density at radius 3 is 1.62 bits per heavy atom. The summed E-state index contributed by atoms with van der Waals surface area (Å²) in [7, 11) is -1.76. The first-order valence-electron chi connectivity index (χ1n) is 8.49. The van der Waals surface area contributed by atoms with Crippen LogP contribution in [0.3, 0.4) is 0 Å². The van der Waals surface area contributed by atoms with Crippen LogP contribution in [0, 0.1) is 24.7 Å². The van der Waals surface area contributed by atoms with Gasteiger partial charge in [0, 0.05) is 0 Å². The Labute approximate surface area is 133 Å². The van der Waals surface area contributed by atoms with Gasteiger partial charge in [-0.3, -0.25) is 0 Å². The van der Waals surface area contributed by atoms with Crippen molar-refractivity contribution < 1.29 is 4.43 Å². The fourth-order valence-corrected chi connectivity index (χ4v) is 9.42. The van der Waals surface area contributed by atoms with Crippen molar-refractivity contribution in [3.05, 3.63) is 29.8 Å². The molecule has 0 saturated heterocycles. The van der Waals surface area contributed by atoms with E-state index in [0.29, 0.717) is 17.8 Å². The first-order valence-corrected chi connectivity index (χ1v) is 11.0. The van der Waals surface area contributed by atoms with E-state index in [1.54, 1.807) is 0 Å². The molecule has 0 atom stereocenters. The summed E-state index contributed by atoms with van der Waals surface area (Å²) in [5.74, 6) is 3.24. The molecule has 0 unspecified atom stereocenters. The second-order valence-electron chi connectivity index (χ2n) is 7.84. The summed E-state index contributed by atoms with van der Waals surface area (Å²) in [6.07, 6.45) is 0. The van der Waals surface area contributed by atoms with E-state index in [2.05, 4.69) is 72.7 Å². The van der Waals surface area contributed by atoms with Crippen molar-refractivity contribution in [2.75, 3.05) is 0 Å². The Hall–Kier alpha value is -0.763. The highest BCUT2D eigenvalue weighted by Crippen LogP contribution is 2.35. The van der Waals surface area contributed by atoms with Gasteiger partial charge in [0.25, 0.3) is 8.32 Å². The predicted octanol–water partition coefficient (Wildman–Crippen LogP) is 6.29. The van der Waals surface area contributed by atoms with Crippen LogP contribution in [0.15, 0.2) is 24.3 Å². The molecule has 0 aliphatic heterocycles. The topological polar surface area (TPSA) is 9.23 Å². The maximum atomic E-state index is 6.80. The molecule has 0 N–H and O–H groups in total. The van der Waals surface area contributed by atoms with Gasteiger partial charge >= 0.3 is 0 Å². The first kappa shape index (κ1) is 18.3. The molecule has 1 aromatic carbocycles. The van der Waals surface area contributed by atoms with Crippen LogP contribution in [0.1, 0.15) is 47.1 Å². The Balaban J connectivity index is 3.10. The number of para-hydroxylation sites is 1. The zero-order chi connectivity index (χ0) is 16.0. The molecule has 0 heterocycles. The van der Waals surface area contributed by atoms with Crippen LogP contribution < -0.4 is 4.43 Å². The fraction of sp³-hybridized carbons (Fsp3) is 0.684. The number of aryl methyl sites for hydroxylation is 1. The largest absolute Gasteiger partial charge is 0.543 e. The zero-order valence-electron chi connectivity index (χ0n) is 15.1. The van der Waals surface area contributed by atoms with Crippen LogP contribution >= 0.6 is 0 Å². The van der Waals surface area contributed by atoms with Crippen molar-refractivity contribution in [2.24, 2.45) is 17.8 Å². The van der Waals surface area contributed by atoms with E-state index in [0.717, 1.165) is 5.75 Å². The van der Waals surface area contributed by atoms with E-state index < -0.39 is 8.32 Å². The summed E-state index contributed by atoms with van der Waals surface area (Å²) in [5, 5.41) is 0. The number of benzene rings is 1. The molecule has 2 heteroatoms. The maximum Gasteiger partial charge on any atom is 0.252 e. The van der Waals surface area contributed by atoms with Gasteiger partial charge in [-0.15, -0.1) is 0 Å². The zero-order valence-corrected chi connectivity index (χ0v) is 16.1. The number of hydrogen-bond acceptors (Lipinski definition) is 1. The lowest BCUT2D eigenvalue weighted by Gasteiger charge is -2.37. The summed E-state index contributed by atoms with van der Waals surface area (Å²) >= 11 is 0. The van der Waals surface area contributed by atoms with Gasteiger partial charge in [0.2, 0.25) is 0 Å². The molecule has 1 nitrogen and oxygen atoms in total. The lowest BCUT2D eigenvalue weighted by Crippen LogP contribution is -2.45. The van der Waals surface area contributed by atoms with Crippen LogP contribution in [0.2, 0.25) is 18.1 Å². The third-order valence-corrected chi connectivity index (χ3v) is 9.10. The van der Waals surface area contributed by atoms with Crippen molar-refractivity contribution in [2.45, 2.75) is 66.6 Å². The van der Waals surface area contributed by atoms with Gasteiger partial charge in [0.1, 0.15) is 5.75 Å². The SMILES string of the molecule is Cc1ccccc1O[Si](CC(C)C)(CC(C)C)CC(C)C. The normalized spacial score (nSPS) is 12.5. The van der Waals surface area contributed by atoms with E-state index in [-0.39, 0.29) is 0 Å². The predicted molar refractivity (Wildman–Crippen MR) is 96.5 cm³/mol. The molecule has 0 fully saturated rings. The number of rotatable bonds is 8. The molecule has 0 aliphatic rings. The monoisotopic (exact) mass is 306 g/mol. The molecule has 0 radical (unpaired) electrons. The molecule has 1 aromatic rings. The second kappa shape index (κ2) is 8.02. The average Bonchev–Trinajstić information content (AvgIpc) is 2.29. The molecule has 0 spiro atoms. The molecular formula is C19H34OSi. The van der Waals surface area contributed by atoms with E-state index in [1.807, 2.05) is 0 Å².